The number of aliphatic hydroxyl groups excluding tert-OH is 1. The highest BCUT2D eigenvalue weighted by Crippen LogP contribution is 2.28. The SMILES string of the molecule is Cc1ccccc1[C@H]1OC[C@H](CO)O1. The summed E-state index contributed by atoms with van der Waals surface area (Å²) in [5.41, 5.74) is 2.19. The lowest BCUT2D eigenvalue weighted by molar-refractivity contribution is -0.0679. The van der Waals surface area contributed by atoms with Crippen LogP contribution in [0.3, 0.4) is 0 Å². The topological polar surface area (TPSA) is 38.7 Å². The van der Waals surface area contributed by atoms with E-state index >= 15 is 0 Å². The fourth-order valence-corrected chi connectivity index (χ4v) is 1.56. The minimum absolute atomic E-state index is 0.0163. The zero-order chi connectivity index (χ0) is 9.97. The van der Waals surface area contributed by atoms with E-state index in [4.69, 9.17) is 14.6 Å². The van der Waals surface area contributed by atoms with Crippen molar-refractivity contribution in [1.82, 2.24) is 0 Å². The van der Waals surface area contributed by atoms with Crippen molar-refractivity contribution in [1.29, 1.82) is 0 Å². The minimum Gasteiger partial charge on any atom is -0.394 e. The van der Waals surface area contributed by atoms with Gasteiger partial charge in [0, 0.05) is 5.56 Å². The molecule has 0 radical (unpaired) electrons. The Morgan fingerprint density at radius 1 is 1.43 bits per heavy atom. The van der Waals surface area contributed by atoms with E-state index in [1.54, 1.807) is 0 Å². The molecular weight excluding hydrogens is 180 g/mol. The highest BCUT2D eigenvalue weighted by molar-refractivity contribution is 5.26. The van der Waals surface area contributed by atoms with Gasteiger partial charge in [-0.3, -0.25) is 0 Å². The number of ether oxygens (including phenoxy) is 2. The lowest BCUT2D eigenvalue weighted by atomic mass is 10.1. The van der Waals surface area contributed by atoms with Gasteiger partial charge in [-0.1, -0.05) is 24.3 Å². The van der Waals surface area contributed by atoms with E-state index in [0.29, 0.717) is 6.61 Å². The predicted octanol–water partition coefficient (Wildman–Crippen LogP) is 1.40. The summed E-state index contributed by atoms with van der Waals surface area (Å²) in [7, 11) is 0. The molecule has 2 rings (SSSR count). The molecule has 0 saturated carbocycles. The standard InChI is InChI=1S/C11H14O3/c1-8-4-2-3-5-10(8)11-13-7-9(6-12)14-11/h2-5,9,11-12H,6-7H2,1H3/t9-,11-/m0/s1. The second-order valence-electron chi connectivity index (χ2n) is 3.46. The van der Waals surface area contributed by atoms with Crippen LogP contribution in [0, 0.1) is 6.92 Å². The van der Waals surface area contributed by atoms with E-state index in [0.717, 1.165) is 11.1 Å². The molecule has 1 aliphatic heterocycles. The summed E-state index contributed by atoms with van der Waals surface area (Å²) in [6.45, 7) is 2.51. The summed E-state index contributed by atoms with van der Waals surface area (Å²) in [4.78, 5) is 0. The van der Waals surface area contributed by atoms with Crippen LogP contribution in [0.25, 0.3) is 0 Å². The van der Waals surface area contributed by atoms with Gasteiger partial charge in [-0.15, -0.1) is 0 Å². The number of hydrogen-bond donors (Lipinski definition) is 1. The smallest absolute Gasteiger partial charge is 0.184 e. The van der Waals surface area contributed by atoms with Crippen LogP contribution in [0.5, 0.6) is 0 Å². The molecule has 1 N–H and O–H groups in total. The fraction of sp³-hybridized carbons (Fsp3) is 0.455. The Kier molecular flexibility index (Phi) is 2.82. The number of benzene rings is 1. The van der Waals surface area contributed by atoms with Crippen molar-refractivity contribution in [3.05, 3.63) is 35.4 Å². The maximum Gasteiger partial charge on any atom is 0.184 e. The first-order chi connectivity index (χ1) is 6.81. The Balaban J connectivity index is 2.13. The molecular formula is C11H14O3. The van der Waals surface area contributed by atoms with Gasteiger partial charge in [0.25, 0.3) is 0 Å². The van der Waals surface area contributed by atoms with Crippen molar-refractivity contribution in [2.75, 3.05) is 13.2 Å². The molecule has 0 amide bonds. The fourth-order valence-electron chi connectivity index (χ4n) is 1.56. The molecule has 0 aromatic heterocycles. The predicted molar refractivity (Wildman–Crippen MR) is 51.8 cm³/mol. The van der Waals surface area contributed by atoms with E-state index in [-0.39, 0.29) is 19.0 Å². The van der Waals surface area contributed by atoms with Gasteiger partial charge in [0.05, 0.1) is 13.2 Å². The Hall–Kier alpha value is -0.900. The third-order valence-electron chi connectivity index (χ3n) is 2.40. The highest BCUT2D eigenvalue weighted by Gasteiger charge is 2.27. The highest BCUT2D eigenvalue weighted by atomic mass is 16.7. The Morgan fingerprint density at radius 2 is 2.21 bits per heavy atom. The molecule has 0 spiro atoms. The quantitative estimate of drug-likeness (QED) is 0.773. The maximum atomic E-state index is 8.90. The van der Waals surface area contributed by atoms with Crippen molar-refractivity contribution in [2.24, 2.45) is 0 Å². The van der Waals surface area contributed by atoms with Gasteiger partial charge in [0.2, 0.25) is 0 Å². The van der Waals surface area contributed by atoms with Crippen LogP contribution in [0.15, 0.2) is 24.3 Å². The summed E-state index contributed by atoms with van der Waals surface area (Å²) in [6, 6.07) is 7.95. The molecule has 3 heteroatoms. The maximum absolute atomic E-state index is 8.90. The summed E-state index contributed by atoms with van der Waals surface area (Å²) >= 11 is 0. The van der Waals surface area contributed by atoms with E-state index in [2.05, 4.69) is 0 Å². The number of rotatable bonds is 2. The monoisotopic (exact) mass is 194 g/mol. The van der Waals surface area contributed by atoms with Crippen molar-refractivity contribution in [3.63, 3.8) is 0 Å². The Bertz CT molecular complexity index is 311. The molecule has 1 aliphatic rings. The molecule has 76 valence electrons. The van der Waals surface area contributed by atoms with Crippen molar-refractivity contribution in [2.45, 2.75) is 19.3 Å². The molecule has 0 unspecified atom stereocenters. The van der Waals surface area contributed by atoms with Gasteiger partial charge in [0.1, 0.15) is 6.10 Å². The molecule has 1 saturated heterocycles. The van der Waals surface area contributed by atoms with Crippen LogP contribution < -0.4 is 0 Å². The first-order valence-electron chi connectivity index (χ1n) is 4.74. The molecule has 1 aromatic carbocycles. The van der Waals surface area contributed by atoms with Crippen molar-refractivity contribution >= 4 is 0 Å². The number of aliphatic hydroxyl groups is 1. The number of aryl methyl sites for hydroxylation is 1. The summed E-state index contributed by atoms with van der Waals surface area (Å²) in [5, 5.41) is 8.90. The summed E-state index contributed by atoms with van der Waals surface area (Å²) in [5.74, 6) is 0. The third kappa shape index (κ3) is 1.80. The van der Waals surface area contributed by atoms with E-state index in [1.165, 1.54) is 0 Å². The summed E-state index contributed by atoms with van der Waals surface area (Å²) in [6.07, 6.45) is -0.493. The lowest BCUT2D eigenvalue weighted by Gasteiger charge is -2.12. The molecule has 1 heterocycles. The Morgan fingerprint density at radius 3 is 2.86 bits per heavy atom. The zero-order valence-electron chi connectivity index (χ0n) is 8.14. The first kappa shape index (κ1) is 9.65. The molecule has 1 fully saturated rings. The average Bonchev–Trinajstić information content (AvgIpc) is 2.67. The van der Waals surface area contributed by atoms with E-state index in [9.17, 15) is 0 Å². The largest absolute Gasteiger partial charge is 0.394 e. The summed E-state index contributed by atoms with van der Waals surface area (Å²) < 4.78 is 10.9. The molecule has 0 bridgehead atoms. The van der Waals surface area contributed by atoms with Gasteiger partial charge in [-0.2, -0.15) is 0 Å². The number of hydrogen-bond acceptors (Lipinski definition) is 3. The molecule has 3 nitrogen and oxygen atoms in total. The second kappa shape index (κ2) is 4.09. The first-order valence-corrected chi connectivity index (χ1v) is 4.74. The molecule has 1 aromatic rings. The van der Waals surface area contributed by atoms with Gasteiger partial charge in [0.15, 0.2) is 6.29 Å². The normalized spacial score (nSPS) is 26.7. The van der Waals surface area contributed by atoms with Crippen LogP contribution in [0.4, 0.5) is 0 Å². The van der Waals surface area contributed by atoms with Gasteiger partial charge in [-0.25, -0.2) is 0 Å². The minimum atomic E-state index is -0.312. The van der Waals surface area contributed by atoms with Crippen LogP contribution in [0.1, 0.15) is 17.4 Å². The average molecular weight is 194 g/mol. The van der Waals surface area contributed by atoms with E-state index in [1.807, 2.05) is 31.2 Å². The lowest BCUT2D eigenvalue weighted by Crippen LogP contribution is -2.14. The van der Waals surface area contributed by atoms with E-state index < -0.39 is 0 Å². The van der Waals surface area contributed by atoms with Crippen molar-refractivity contribution in [3.8, 4) is 0 Å². The zero-order valence-corrected chi connectivity index (χ0v) is 8.14. The van der Waals surface area contributed by atoms with Crippen molar-refractivity contribution < 1.29 is 14.6 Å². The molecule has 14 heavy (non-hydrogen) atoms. The van der Waals surface area contributed by atoms with Gasteiger partial charge >= 0.3 is 0 Å². The molecule has 0 aliphatic carbocycles. The molecule has 2 atom stereocenters. The van der Waals surface area contributed by atoms with Crippen LogP contribution >= 0.6 is 0 Å². The Labute approximate surface area is 83.3 Å². The van der Waals surface area contributed by atoms with Crippen LogP contribution in [-0.4, -0.2) is 24.4 Å². The van der Waals surface area contributed by atoms with Gasteiger partial charge in [-0.05, 0) is 12.5 Å². The third-order valence-corrected chi connectivity index (χ3v) is 2.40. The van der Waals surface area contributed by atoms with Crippen LogP contribution in [0.2, 0.25) is 0 Å². The second-order valence-corrected chi connectivity index (χ2v) is 3.46. The van der Waals surface area contributed by atoms with Crippen LogP contribution in [-0.2, 0) is 9.47 Å². The van der Waals surface area contributed by atoms with Gasteiger partial charge < -0.3 is 14.6 Å².